The number of hydrogen-bond donors (Lipinski definition) is 0. The first-order chi connectivity index (χ1) is 9.92. The van der Waals surface area contributed by atoms with Crippen LogP contribution in [0.25, 0.3) is 0 Å². The summed E-state index contributed by atoms with van der Waals surface area (Å²) in [6.07, 6.45) is 4.72. The highest BCUT2D eigenvalue weighted by molar-refractivity contribution is 6.02. The molecule has 1 aromatic rings. The van der Waals surface area contributed by atoms with E-state index in [1.807, 2.05) is 25.1 Å². The van der Waals surface area contributed by atoms with Gasteiger partial charge >= 0.3 is 0 Å². The average Bonchev–Trinajstić information content (AvgIpc) is 2.49. The van der Waals surface area contributed by atoms with Gasteiger partial charge in [-0.2, -0.15) is 0 Å². The van der Waals surface area contributed by atoms with Crippen molar-refractivity contribution in [3.63, 3.8) is 0 Å². The molecule has 1 saturated carbocycles. The molecule has 0 bridgehead atoms. The molecule has 1 aliphatic carbocycles. The average molecular weight is 288 g/mol. The number of benzene rings is 1. The van der Waals surface area contributed by atoms with Crippen LogP contribution in [0.2, 0.25) is 0 Å². The standard InChI is InChI=1S/C19H28O2/c1-5-15-8-7-9-16(14-15)17(20)19(21-6-2)12-10-18(3,4)11-13-19/h7-9,14H,5-6,10-13H2,1-4H3. The fraction of sp³-hybridized carbons (Fsp3) is 0.632. The Kier molecular flexibility index (Phi) is 4.88. The Morgan fingerprint density at radius 2 is 1.81 bits per heavy atom. The molecule has 0 aromatic heterocycles. The molecule has 1 aliphatic rings. The van der Waals surface area contributed by atoms with Gasteiger partial charge in [-0.05, 0) is 56.1 Å². The predicted molar refractivity (Wildman–Crippen MR) is 86.8 cm³/mol. The zero-order valence-electron chi connectivity index (χ0n) is 13.9. The van der Waals surface area contributed by atoms with E-state index in [-0.39, 0.29) is 5.78 Å². The van der Waals surface area contributed by atoms with Crippen molar-refractivity contribution in [3.05, 3.63) is 35.4 Å². The third-order valence-electron chi connectivity index (χ3n) is 4.84. The SMILES string of the molecule is CCOC1(C(=O)c2cccc(CC)c2)CCC(C)(C)CC1. The van der Waals surface area contributed by atoms with Crippen molar-refractivity contribution >= 4 is 5.78 Å². The summed E-state index contributed by atoms with van der Waals surface area (Å²) in [5.41, 5.74) is 1.74. The van der Waals surface area contributed by atoms with Gasteiger partial charge in [0.2, 0.25) is 0 Å². The first-order valence-corrected chi connectivity index (χ1v) is 8.20. The molecule has 2 rings (SSSR count). The second-order valence-electron chi connectivity index (χ2n) is 6.97. The molecular weight excluding hydrogens is 260 g/mol. The molecule has 0 unspecified atom stereocenters. The van der Waals surface area contributed by atoms with Crippen LogP contribution in [-0.2, 0) is 11.2 Å². The van der Waals surface area contributed by atoms with Crippen molar-refractivity contribution in [3.8, 4) is 0 Å². The lowest BCUT2D eigenvalue weighted by molar-refractivity contribution is -0.0580. The van der Waals surface area contributed by atoms with E-state index in [2.05, 4.69) is 26.8 Å². The molecule has 0 radical (unpaired) electrons. The van der Waals surface area contributed by atoms with Crippen molar-refractivity contribution in [2.75, 3.05) is 6.61 Å². The maximum Gasteiger partial charge on any atom is 0.194 e. The first-order valence-electron chi connectivity index (χ1n) is 8.20. The molecule has 0 N–H and O–H groups in total. The number of hydrogen-bond acceptors (Lipinski definition) is 2. The monoisotopic (exact) mass is 288 g/mol. The van der Waals surface area contributed by atoms with Crippen molar-refractivity contribution in [1.82, 2.24) is 0 Å². The van der Waals surface area contributed by atoms with Gasteiger partial charge in [0.05, 0.1) is 0 Å². The molecule has 1 fully saturated rings. The van der Waals surface area contributed by atoms with Gasteiger partial charge in [-0.25, -0.2) is 0 Å². The molecular formula is C19H28O2. The Bertz CT molecular complexity index is 492. The lowest BCUT2D eigenvalue weighted by Crippen LogP contribution is -2.46. The summed E-state index contributed by atoms with van der Waals surface area (Å²) in [6, 6.07) is 8.03. The van der Waals surface area contributed by atoms with Crippen LogP contribution in [-0.4, -0.2) is 18.0 Å². The van der Waals surface area contributed by atoms with Crippen molar-refractivity contribution in [2.24, 2.45) is 5.41 Å². The van der Waals surface area contributed by atoms with Crippen LogP contribution in [0.5, 0.6) is 0 Å². The number of rotatable bonds is 5. The minimum absolute atomic E-state index is 0.176. The number of carbonyl (C=O) groups is 1. The van der Waals surface area contributed by atoms with Crippen LogP contribution in [0.1, 0.15) is 69.3 Å². The van der Waals surface area contributed by atoms with Gasteiger partial charge in [0.25, 0.3) is 0 Å². The molecule has 0 atom stereocenters. The van der Waals surface area contributed by atoms with E-state index >= 15 is 0 Å². The molecule has 0 aliphatic heterocycles. The van der Waals surface area contributed by atoms with E-state index in [1.54, 1.807) is 0 Å². The summed E-state index contributed by atoms with van der Waals surface area (Å²) in [4.78, 5) is 13.1. The van der Waals surface area contributed by atoms with E-state index in [1.165, 1.54) is 5.56 Å². The molecule has 0 amide bonds. The number of carbonyl (C=O) groups excluding carboxylic acids is 1. The third-order valence-corrected chi connectivity index (χ3v) is 4.84. The second-order valence-corrected chi connectivity index (χ2v) is 6.97. The number of ketones is 1. The van der Waals surface area contributed by atoms with Crippen LogP contribution in [0.15, 0.2) is 24.3 Å². The minimum Gasteiger partial charge on any atom is -0.367 e. The summed E-state index contributed by atoms with van der Waals surface area (Å²) < 4.78 is 6.00. The molecule has 21 heavy (non-hydrogen) atoms. The van der Waals surface area contributed by atoms with E-state index in [0.717, 1.165) is 37.7 Å². The molecule has 1 aromatic carbocycles. The van der Waals surface area contributed by atoms with Crippen LogP contribution in [0, 0.1) is 5.41 Å². The van der Waals surface area contributed by atoms with Crippen LogP contribution in [0.3, 0.4) is 0 Å². The van der Waals surface area contributed by atoms with E-state index in [9.17, 15) is 4.79 Å². The summed E-state index contributed by atoms with van der Waals surface area (Å²) in [5.74, 6) is 0.176. The molecule has 2 heteroatoms. The lowest BCUT2D eigenvalue weighted by atomic mass is 9.68. The maximum atomic E-state index is 13.1. The number of ether oxygens (including phenoxy) is 1. The zero-order chi connectivity index (χ0) is 15.5. The second kappa shape index (κ2) is 6.31. The minimum atomic E-state index is -0.601. The van der Waals surface area contributed by atoms with Crippen molar-refractivity contribution in [2.45, 2.75) is 65.4 Å². The zero-order valence-corrected chi connectivity index (χ0v) is 13.9. The van der Waals surface area contributed by atoms with Crippen LogP contribution >= 0.6 is 0 Å². The van der Waals surface area contributed by atoms with Gasteiger partial charge in [-0.15, -0.1) is 0 Å². The van der Waals surface area contributed by atoms with Gasteiger partial charge in [-0.3, -0.25) is 4.79 Å². The highest BCUT2D eigenvalue weighted by Crippen LogP contribution is 2.43. The molecule has 0 spiro atoms. The fourth-order valence-electron chi connectivity index (χ4n) is 3.24. The quantitative estimate of drug-likeness (QED) is 0.727. The highest BCUT2D eigenvalue weighted by Gasteiger charge is 2.44. The number of aryl methyl sites for hydroxylation is 1. The molecule has 0 saturated heterocycles. The summed E-state index contributed by atoms with van der Waals surface area (Å²) in [5, 5.41) is 0. The maximum absolute atomic E-state index is 13.1. The largest absolute Gasteiger partial charge is 0.367 e. The highest BCUT2D eigenvalue weighted by atomic mass is 16.5. The van der Waals surface area contributed by atoms with Gasteiger partial charge in [0, 0.05) is 12.2 Å². The Hall–Kier alpha value is -1.15. The van der Waals surface area contributed by atoms with Crippen LogP contribution < -0.4 is 0 Å². The smallest absolute Gasteiger partial charge is 0.194 e. The van der Waals surface area contributed by atoms with Crippen molar-refractivity contribution in [1.29, 1.82) is 0 Å². The van der Waals surface area contributed by atoms with E-state index in [4.69, 9.17) is 4.74 Å². The Morgan fingerprint density at radius 3 is 2.38 bits per heavy atom. The molecule has 2 nitrogen and oxygen atoms in total. The lowest BCUT2D eigenvalue weighted by Gasteiger charge is -2.42. The summed E-state index contributed by atoms with van der Waals surface area (Å²) in [6.45, 7) is 9.26. The first kappa shape index (κ1) is 16.2. The van der Waals surface area contributed by atoms with Gasteiger partial charge < -0.3 is 4.74 Å². The molecule has 0 heterocycles. The Labute approximate surface area is 128 Å². The van der Waals surface area contributed by atoms with Gasteiger partial charge in [0.15, 0.2) is 5.78 Å². The third kappa shape index (κ3) is 3.55. The van der Waals surface area contributed by atoms with Gasteiger partial charge in [-0.1, -0.05) is 39.0 Å². The Balaban J connectivity index is 2.27. The normalized spacial score (nSPS) is 20.2. The summed E-state index contributed by atoms with van der Waals surface area (Å²) >= 11 is 0. The van der Waals surface area contributed by atoms with Crippen LogP contribution in [0.4, 0.5) is 0 Å². The van der Waals surface area contributed by atoms with Gasteiger partial charge in [0.1, 0.15) is 5.60 Å². The fourth-order valence-corrected chi connectivity index (χ4v) is 3.24. The molecule has 116 valence electrons. The summed E-state index contributed by atoms with van der Waals surface area (Å²) in [7, 11) is 0. The number of Topliss-reactive ketones (excluding diaryl/α,β-unsaturated/α-hetero) is 1. The van der Waals surface area contributed by atoms with E-state index in [0.29, 0.717) is 12.0 Å². The topological polar surface area (TPSA) is 26.3 Å². The Morgan fingerprint density at radius 1 is 1.14 bits per heavy atom. The predicted octanol–water partition coefficient (Wildman–Crippen LogP) is 4.81. The van der Waals surface area contributed by atoms with E-state index < -0.39 is 5.60 Å². The van der Waals surface area contributed by atoms with Crippen molar-refractivity contribution < 1.29 is 9.53 Å².